The predicted molar refractivity (Wildman–Crippen MR) is 188 cm³/mol. The minimum Gasteiger partial charge on any atom is -0.369 e. The lowest BCUT2D eigenvalue weighted by atomic mass is 10.0. The second kappa shape index (κ2) is 9.45. The van der Waals surface area contributed by atoms with Crippen molar-refractivity contribution in [1.82, 2.24) is 9.80 Å². The maximum atomic E-state index is 14.1. The van der Waals surface area contributed by atoms with Crippen molar-refractivity contribution < 1.29 is 9.90 Å². The van der Waals surface area contributed by atoms with Gasteiger partial charge in [0.15, 0.2) is 6.23 Å². The lowest BCUT2D eigenvalue weighted by Gasteiger charge is -2.28. The molecule has 1 N–H and O–H groups in total. The van der Waals surface area contributed by atoms with Gasteiger partial charge in [-0.05, 0) is 82.6 Å². The molecule has 6 aromatic rings. The van der Waals surface area contributed by atoms with Crippen molar-refractivity contribution in [3.63, 3.8) is 0 Å². The van der Waals surface area contributed by atoms with Crippen LogP contribution in [0.3, 0.4) is 0 Å². The van der Waals surface area contributed by atoms with Crippen molar-refractivity contribution in [3.8, 4) is 39.0 Å². The Hall–Kier alpha value is -3.61. The number of amides is 1. The predicted octanol–water partition coefficient (Wildman–Crippen LogP) is 10.3. The largest absolute Gasteiger partial charge is 0.369 e. The Morgan fingerprint density at radius 2 is 1.16 bits per heavy atom. The molecule has 10 heteroatoms. The number of aliphatic hydroxyl groups excluding tert-OH is 1. The first-order valence-electron chi connectivity index (χ1n) is 13.8. The van der Waals surface area contributed by atoms with E-state index >= 15 is 0 Å². The van der Waals surface area contributed by atoms with Crippen LogP contribution >= 0.6 is 68.0 Å². The highest BCUT2D eigenvalue weighted by Crippen LogP contribution is 2.56. The standard InChI is InChI=1S/C34H18N2O2S6/c37-33-27-28(30-32-18(10-12-36(30)33)16-26(44-32)24-8-6-22(42-24)20-4-2-14-40-20)34(38)35-11-9-17-15-25(43-31(17)29(27)35)23-7-5-21(41-23)19-3-1-13-39-19/h1-16,33,37H. The number of aliphatic hydroxyl groups is 1. The van der Waals surface area contributed by atoms with Gasteiger partial charge in [-0.25, -0.2) is 0 Å². The summed E-state index contributed by atoms with van der Waals surface area (Å²) in [4.78, 5) is 29.6. The van der Waals surface area contributed by atoms with E-state index in [1.165, 1.54) is 39.0 Å². The van der Waals surface area contributed by atoms with E-state index in [1.807, 2.05) is 23.4 Å². The summed E-state index contributed by atoms with van der Waals surface area (Å²) in [5.74, 6) is -0.0770. The van der Waals surface area contributed by atoms with Gasteiger partial charge in [0.05, 0.1) is 26.7 Å². The monoisotopic (exact) mass is 678 g/mol. The summed E-state index contributed by atoms with van der Waals surface area (Å²) in [6.07, 6.45) is 6.96. The first kappa shape index (κ1) is 25.7. The molecule has 0 saturated carbocycles. The summed E-state index contributed by atoms with van der Waals surface area (Å²) < 4.78 is 0. The molecular weight excluding hydrogens is 661 g/mol. The van der Waals surface area contributed by atoms with Crippen LogP contribution in [0.15, 0.2) is 95.0 Å². The molecule has 0 aliphatic carbocycles. The molecule has 1 amide bonds. The van der Waals surface area contributed by atoms with Crippen molar-refractivity contribution in [3.05, 3.63) is 116 Å². The molecule has 1 atom stereocenters. The molecule has 1 unspecified atom stereocenters. The fraction of sp³-hybridized carbons (Fsp3) is 0.0294. The molecule has 0 fully saturated rings. The number of hydrogen-bond acceptors (Lipinski definition) is 9. The number of fused-ring (bicyclic) bond motifs is 7. The number of thiophene rings is 6. The number of rotatable bonds is 4. The van der Waals surface area contributed by atoms with Gasteiger partial charge in [0.2, 0.25) is 0 Å². The fourth-order valence-corrected chi connectivity index (χ4v) is 12.5. The quantitative estimate of drug-likeness (QED) is 0.202. The van der Waals surface area contributed by atoms with Crippen LogP contribution in [-0.4, -0.2) is 27.0 Å². The highest BCUT2D eigenvalue weighted by atomic mass is 32.1. The van der Waals surface area contributed by atoms with E-state index in [0.29, 0.717) is 11.1 Å². The second-order valence-corrected chi connectivity index (χ2v) is 16.8. The van der Waals surface area contributed by atoms with E-state index in [0.717, 1.165) is 32.3 Å². The lowest BCUT2D eigenvalue weighted by molar-refractivity contribution is -0.121. The zero-order valence-corrected chi connectivity index (χ0v) is 27.4. The van der Waals surface area contributed by atoms with E-state index in [4.69, 9.17) is 0 Å². The van der Waals surface area contributed by atoms with Gasteiger partial charge in [-0.1, -0.05) is 12.1 Å². The Balaban J connectivity index is 1.08. The van der Waals surface area contributed by atoms with Crippen LogP contribution in [0, 0.1) is 0 Å². The van der Waals surface area contributed by atoms with Gasteiger partial charge < -0.3 is 10.0 Å². The van der Waals surface area contributed by atoms with Gasteiger partial charge in [-0.15, -0.1) is 68.0 Å². The van der Waals surface area contributed by atoms with Crippen LogP contribution in [0.1, 0.15) is 20.9 Å². The van der Waals surface area contributed by atoms with E-state index in [1.54, 1.807) is 72.9 Å². The Kier molecular flexibility index (Phi) is 5.52. The number of carbonyl (C=O) groups excluding carboxylic acids is 1. The van der Waals surface area contributed by atoms with Crippen molar-refractivity contribution in [1.29, 1.82) is 0 Å². The molecule has 0 bridgehead atoms. The first-order chi connectivity index (χ1) is 21.6. The third-order valence-electron chi connectivity index (χ3n) is 8.21. The van der Waals surface area contributed by atoms with Crippen molar-refractivity contribution >= 4 is 97.5 Å². The molecule has 6 aromatic heterocycles. The van der Waals surface area contributed by atoms with E-state index in [2.05, 4.69) is 77.5 Å². The molecular formula is C34H18N2O2S6. The highest BCUT2D eigenvalue weighted by molar-refractivity contribution is 7.27. The molecule has 0 aromatic carbocycles. The lowest BCUT2D eigenvalue weighted by Crippen LogP contribution is -2.28. The van der Waals surface area contributed by atoms with Gasteiger partial charge in [-0.3, -0.25) is 9.69 Å². The third kappa shape index (κ3) is 3.58. The Labute approximate surface area is 276 Å². The molecule has 212 valence electrons. The van der Waals surface area contributed by atoms with Crippen molar-refractivity contribution in [2.45, 2.75) is 6.23 Å². The van der Waals surface area contributed by atoms with E-state index in [9.17, 15) is 9.90 Å². The van der Waals surface area contributed by atoms with E-state index < -0.39 is 6.23 Å². The molecule has 10 rings (SSSR count). The molecule has 4 aliphatic rings. The van der Waals surface area contributed by atoms with Crippen LogP contribution in [0.25, 0.3) is 62.6 Å². The van der Waals surface area contributed by atoms with Crippen LogP contribution in [0.2, 0.25) is 0 Å². The summed E-state index contributed by atoms with van der Waals surface area (Å²) in [7, 11) is 0. The van der Waals surface area contributed by atoms with Gasteiger partial charge >= 0.3 is 0 Å². The average molecular weight is 679 g/mol. The van der Waals surface area contributed by atoms with Crippen molar-refractivity contribution in [2.24, 2.45) is 0 Å². The number of hydrogen-bond donors (Lipinski definition) is 1. The molecule has 4 nitrogen and oxygen atoms in total. The molecule has 4 aliphatic heterocycles. The normalized spacial score (nSPS) is 17.9. The maximum absolute atomic E-state index is 14.1. The minimum absolute atomic E-state index is 0.0770. The highest BCUT2D eigenvalue weighted by Gasteiger charge is 2.50. The zero-order valence-electron chi connectivity index (χ0n) is 22.5. The number of carbonyl (C=O) groups is 1. The van der Waals surface area contributed by atoms with Gasteiger partial charge in [0, 0.05) is 57.0 Å². The Morgan fingerprint density at radius 1 is 0.614 bits per heavy atom. The summed E-state index contributed by atoms with van der Waals surface area (Å²) >= 11 is 10.5. The summed E-state index contributed by atoms with van der Waals surface area (Å²) in [5, 5.41) is 16.0. The molecule has 0 radical (unpaired) electrons. The molecule has 0 saturated heterocycles. The summed E-state index contributed by atoms with van der Waals surface area (Å²) in [6, 6.07) is 21.6. The van der Waals surface area contributed by atoms with Crippen LogP contribution in [0.4, 0.5) is 0 Å². The van der Waals surface area contributed by atoms with E-state index in [-0.39, 0.29) is 5.91 Å². The smallest absolute Gasteiger partial charge is 0.265 e. The molecule has 10 heterocycles. The van der Waals surface area contributed by atoms with Crippen molar-refractivity contribution in [2.75, 3.05) is 0 Å². The second-order valence-electron chi connectivity index (χ2n) is 10.6. The number of nitrogens with zero attached hydrogens (tertiary/aromatic N) is 2. The summed E-state index contributed by atoms with van der Waals surface area (Å²) in [5.41, 5.74) is 5.11. The average Bonchev–Trinajstić information content (AvgIpc) is 3.88. The minimum atomic E-state index is -0.928. The van der Waals surface area contributed by atoms with Crippen LogP contribution in [-0.2, 0) is 4.79 Å². The van der Waals surface area contributed by atoms with Gasteiger partial charge in [0.25, 0.3) is 5.91 Å². The van der Waals surface area contributed by atoms with Crippen LogP contribution in [0.5, 0.6) is 0 Å². The zero-order chi connectivity index (χ0) is 29.1. The molecule has 44 heavy (non-hydrogen) atoms. The van der Waals surface area contributed by atoms with Gasteiger partial charge in [0.1, 0.15) is 0 Å². The third-order valence-corrected chi connectivity index (χ3v) is 15.2. The SMILES string of the molecule is O=C1C2=C3c4sc(-c5ccc(-c6cccs6)s5)cc4C=CN3C(O)C2=C2c3sc(-c4ccc(-c5cccs5)s4)cc3C=CN12. The van der Waals surface area contributed by atoms with Gasteiger partial charge in [-0.2, -0.15) is 0 Å². The summed E-state index contributed by atoms with van der Waals surface area (Å²) in [6.45, 7) is 0. The molecule has 0 spiro atoms. The van der Waals surface area contributed by atoms with Crippen LogP contribution < -0.4 is 0 Å². The first-order valence-corrected chi connectivity index (χ1v) is 18.9. The Morgan fingerprint density at radius 3 is 1.73 bits per heavy atom. The maximum Gasteiger partial charge on any atom is 0.265 e. The Bertz CT molecular complexity index is 2280. The topological polar surface area (TPSA) is 43.8 Å². The fourth-order valence-electron chi connectivity index (χ4n) is 6.25.